The van der Waals surface area contributed by atoms with Gasteiger partial charge >= 0.3 is 5.97 Å². The topological polar surface area (TPSA) is 55.4 Å². The number of carbonyl (C=O) groups excluding carboxylic acids is 2. The van der Waals surface area contributed by atoms with E-state index in [4.69, 9.17) is 4.74 Å². The molecule has 1 unspecified atom stereocenters. The number of ether oxygens (including phenoxy) is 1. The van der Waals surface area contributed by atoms with Crippen LogP contribution in [-0.4, -0.2) is 24.5 Å². The number of amides is 1. The molecule has 0 heterocycles. The number of halogens is 1. The molecular formula is C20H30FNO3. The van der Waals surface area contributed by atoms with Gasteiger partial charge in [0, 0.05) is 5.56 Å². The van der Waals surface area contributed by atoms with Crippen LogP contribution in [0.1, 0.15) is 69.7 Å². The zero-order valence-corrected chi connectivity index (χ0v) is 15.5. The third kappa shape index (κ3) is 8.14. The van der Waals surface area contributed by atoms with Crippen molar-refractivity contribution in [2.45, 2.75) is 65.3 Å². The Morgan fingerprint density at radius 1 is 1.04 bits per heavy atom. The van der Waals surface area contributed by atoms with Crippen molar-refractivity contribution in [1.29, 1.82) is 0 Å². The maximum atomic E-state index is 12.9. The predicted octanol–water partition coefficient (Wildman–Crippen LogP) is 4.48. The highest BCUT2D eigenvalue weighted by Gasteiger charge is 2.26. The molecule has 0 aliphatic carbocycles. The molecule has 0 aliphatic rings. The Balaban J connectivity index is 2.43. The summed E-state index contributed by atoms with van der Waals surface area (Å²) in [5.41, 5.74) is 0.316. The zero-order chi connectivity index (χ0) is 18.7. The van der Waals surface area contributed by atoms with E-state index in [-0.39, 0.29) is 5.92 Å². The van der Waals surface area contributed by atoms with Crippen molar-refractivity contribution in [3.63, 3.8) is 0 Å². The second kappa shape index (κ2) is 11.6. The van der Waals surface area contributed by atoms with Crippen LogP contribution in [0.5, 0.6) is 0 Å². The minimum Gasteiger partial charge on any atom is -0.464 e. The molecule has 0 spiro atoms. The van der Waals surface area contributed by atoms with Crippen molar-refractivity contribution in [1.82, 2.24) is 5.32 Å². The van der Waals surface area contributed by atoms with Gasteiger partial charge in [0.15, 0.2) is 0 Å². The third-order valence-electron chi connectivity index (χ3n) is 4.06. The van der Waals surface area contributed by atoms with E-state index >= 15 is 0 Å². The molecule has 0 aromatic heterocycles. The van der Waals surface area contributed by atoms with Crippen molar-refractivity contribution in [2.24, 2.45) is 5.92 Å². The summed E-state index contributed by atoms with van der Waals surface area (Å²) in [6.07, 6.45) is 6.70. The maximum Gasteiger partial charge on any atom is 0.328 e. The molecule has 1 amide bonds. The molecule has 0 bridgehead atoms. The molecule has 0 saturated heterocycles. The van der Waals surface area contributed by atoms with Crippen LogP contribution in [0.2, 0.25) is 0 Å². The summed E-state index contributed by atoms with van der Waals surface area (Å²) >= 11 is 0. The molecule has 0 saturated carbocycles. The normalized spacial score (nSPS) is 12.0. The Kier molecular flexibility index (Phi) is 9.81. The summed E-state index contributed by atoms with van der Waals surface area (Å²) in [6.45, 7) is 6.25. The quantitative estimate of drug-likeness (QED) is 0.472. The highest BCUT2D eigenvalue weighted by Crippen LogP contribution is 2.09. The van der Waals surface area contributed by atoms with Crippen LogP contribution in [-0.2, 0) is 9.53 Å². The first kappa shape index (κ1) is 21.1. The number of hydrogen-bond acceptors (Lipinski definition) is 3. The van der Waals surface area contributed by atoms with Crippen molar-refractivity contribution in [3.8, 4) is 0 Å². The molecule has 1 aromatic carbocycles. The summed E-state index contributed by atoms with van der Waals surface area (Å²) < 4.78 is 18.2. The average molecular weight is 351 g/mol. The fourth-order valence-electron chi connectivity index (χ4n) is 2.47. The number of hydrogen-bond donors (Lipinski definition) is 1. The first-order valence-electron chi connectivity index (χ1n) is 9.18. The van der Waals surface area contributed by atoms with Gasteiger partial charge < -0.3 is 10.1 Å². The lowest BCUT2D eigenvalue weighted by Gasteiger charge is -2.21. The minimum absolute atomic E-state index is 0.0959. The molecule has 1 N–H and O–H groups in total. The molecule has 4 nitrogen and oxygen atoms in total. The molecule has 140 valence electrons. The molecule has 0 fully saturated rings. The van der Waals surface area contributed by atoms with E-state index in [1.165, 1.54) is 43.5 Å². The Morgan fingerprint density at radius 2 is 1.64 bits per heavy atom. The lowest BCUT2D eigenvalue weighted by atomic mass is 10.0. The smallest absolute Gasteiger partial charge is 0.328 e. The number of benzene rings is 1. The summed E-state index contributed by atoms with van der Waals surface area (Å²) in [5, 5.41) is 2.68. The van der Waals surface area contributed by atoms with Crippen molar-refractivity contribution in [3.05, 3.63) is 35.6 Å². The van der Waals surface area contributed by atoms with Crippen LogP contribution in [0.15, 0.2) is 24.3 Å². The lowest BCUT2D eigenvalue weighted by molar-refractivity contribution is -0.147. The fraction of sp³-hybridized carbons (Fsp3) is 0.600. The van der Waals surface area contributed by atoms with E-state index in [1.54, 1.807) is 0 Å². The molecule has 1 atom stereocenters. The van der Waals surface area contributed by atoms with E-state index in [0.717, 1.165) is 19.3 Å². The molecule has 1 rings (SSSR count). The van der Waals surface area contributed by atoms with Crippen molar-refractivity contribution in [2.75, 3.05) is 6.61 Å². The van der Waals surface area contributed by atoms with Gasteiger partial charge in [-0.05, 0) is 36.6 Å². The number of unbranched alkanes of at least 4 members (excludes halogenated alkanes) is 5. The number of carbonyl (C=O) groups is 2. The van der Waals surface area contributed by atoms with E-state index < -0.39 is 23.7 Å². The van der Waals surface area contributed by atoms with Crippen molar-refractivity contribution < 1.29 is 18.7 Å². The second-order valence-corrected chi connectivity index (χ2v) is 6.64. The standard InChI is InChI=1S/C20H30FNO3/c1-4-5-6-7-8-9-14-25-20(24)18(15(2)3)22-19(23)16-10-12-17(21)13-11-16/h10-13,15,18H,4-9,14H2,1-3H3,(H,22,23). The van der Waals surface area contributed by atoms with Crippen LogP contribution in [0.3, 0.4) is 0 Å². The van der Waals surface area contributed by atoms with Crippen molar-refractivity contribution >= 4 is 11.9 Å². The molecule has 0 radical (unpaired) electrons. The summed E-state index contributed by atoms with van der Waals surface area (Å²) in [4.78, 5) is 24.5. The van der Waals surface area contributed by atoms with Crippen LogP contribution in [0.25, 0.3) is 0 Å². The number of rotatable bonds is 11. The van der Waals surface area contributed by atoms with Crippen LogP contribution < -0.4 is 5.32 Å². The third-order valence-corrected chi connectivity index (χ3v) is 4.06. The Bertz CT molecular complexity index is 528. The first-order chi connectivity index (χ1) is 12.0. The summed E-state index contributed by atoms with van der Waals surface area (Å²) in [5.74, 6) is -1.33. The number of nitrogens with one attached hydrogen (secondary N) is 1. The molecule has 0 aliphatic heterocycles. The van der Waals surface area contributed by atoms with Crippen LogP contribution >= 0.6 is 0 Å². The maximum absolute atomic E-state index is 12.9. The summed E-state index contributed by atoms with van der Waals surface area (Å²) in [6, 6.07) is 4.51. The zero-order valence-electron chi connectivity index (χ0n) is 15.5. The second-order valence-electron chi connectivity index (χ2n) is 6.64. The van der Waals surface area contributed by atoms with Gasteiger partial charge in [0.25, 0.3) is 5.91 Å². The van der Waals surface area contributed by atoms with Gasteiger partial charge in [0.05, 0.1) is 6.61 Å². The highest BCUT2D eigenvalue weighted by molar-refractivity contribution is 5.96. The van der Waals surface area contributed by atoms with Gasteiger partial charge in [0.1, 0.15) is 11.9 Å². The minimum atomic E-state index is -0.711. The van der Waals surface area contributed by atoms with Crippen LogP contribution in [0, 0.1) is 11.7 Å². The Hall–Kier alpha value is -1.91. The van der Waals surface area contributed by atoms with Gasteiger partial charge in [-0.2, -0.15) is 0 Å². The monoisotopic (exact) mass is 351 g/mol. The molecule has 5 heteroatoms. The van der Waals surface area contributed by atoms with Gasteiger partial charge in [-0.3, -0.25) is 4.79 Å². The molecular weight excluding hydrogens is 321 g/mol. The van der Waals surface area contributed by atoms with E-state index in [0.29, 0.717) is 12.2 Å². The van der Waals surface area contributed by atoms with E-state index in [9.17, 15) is 14.0 Å². The lowest BCUT2D eigenvalue weighted by Crippen LogP contribution is -2.45. The molecule has 25 heavy (non-hydrogen) atoms. The van der Waals surface area contributed by atoms with E-state index in [1.807, 2.05) is 13.8 Å². The first-order valence-corrected chi connectivity index (χ1v) is 9.18. The summed E-state index contributed by atoms with van der Waals surface area (Å²) in [7, 11) is 0. The fourth-order valence-corrected chi connectivity index (χ4v) is 2.47. The van der Waals surface area contributed by atoms with Gasteiger partial charge in [-0.15, -0.1) is 0 Å². The van der Waals surface area contributed by atoms with Gasteiger partial charge in [0.2, 0.25) is 0 Å². The largest absolute Gasteiger partial charge is 0.464 e. The van der Waals surface area contributed by atoms with E-state index in [2.05, 4.69) is 12.2 Å². The van der Waals surface area contributed by atoms with Crippen LogP contribution in [0.4, 0.5) is 4.39 Å². The van der Waals surface area contributed by atoms with Gasteiger partial charge in [-0.25, -0.2) is 9.18 Å². The number of esters is 1. The van der Waals surface area contributed by atoms with Gasteiger partial charge in [-0.1, -0.05) is 52.9 Å². The Morgan fingerprint density at radius 3 is 2.24 bits per heavy atom. The SMILES string of the molecule is CCCCCCCCOC(=O)C(NC(=O)c1ccc(F)cc1)C(C)C. The highest BCUT2D eigenvalue weighted by atomic mass is 19.1. The Labute approximate surface area is 150 Å². The predicted molar refractivity (Wildman–Crippen MR) is 96.8 cm³/mol. The average Bonchev–Trinajstić information content (AvgIpc) is 2.58. The molecule has 1 aromatic rings.